The predicted molar refractivity (Wildman–Crippen MR) is 69.5 cm³/mol. The fourth-order valence-electron chi connectivity index (χ4n) is 2.24. The molecule has 0 saturated carbocycles. The van der Waals surface area contributed by atoms with Crippen molar-refractivity contribution >= 4 is 0 Å². The van der Waals surface area contributed by atoms with Crippen LogP contribution in [0.2, 0.25) is 0 Å². The van der Waals surface area contributed by atoms with E-state index in [0.29, 0.717) is 6.42 Å². The van der Waals surface area contributed by atoms with Crippen LogP contribution < -0.4 is 0 Å². The summed E-state index contributed by atoms with van der Waals surface area (Å²) in [6.45, 7) is 9.99. The first kappa shape index (κ1) is 14.2. The third-order valence-corrected chi connectivity index (χ3v) is 3.78. The van der Waals surface area contributed by atoms with Gasteiger partial charge in [-0.1, -0.05) is 33.8 Å². The first-order valence-electron chi connectivity index (χ1n) is 6.24. The summed E-state index contributed by atoms with van der Waals surface area (Å²) in [5.74, 6) is 0.128. The summed E-state index contributed by atoms with van der Waals surface area (Å²) in [6.07, 6.45) is 0.578. The van der Waals surface area contributed by atoms with Crippen molar-refractivity contribution in [2.75, 3.05) is 0 Å². The first-order valence-corrected chi connectivity index (χ1v) is 6.24. The van der Waals surface area contributed by atoms with Crippen LogP contribution in [0.5, 0.6) is 0 Å². The van der Waals surface area contributed by atoms with Crippen molar-refractivity contribution in [1.82, 2.24) is 0 Å². The molecule has 0 aliphatic rings. The molecule has 0 saturated heterocycles. The molecule has 2 heteroatoms. The second-order valence-corrected chi connectivity index (χ2v) is 5.55. The minimum absolute atomic E-state index is 0.173. The highest BCUT2D eigenvalue weighted by Crippen LogP contribution is 2.31. The minimum Gasteiger partial charge on any atom is -0.389 e. The quantitative estimate of drug-likeness (QED) is 0.847. The van der Waals surface area contributed by atoms with Gasteiger partial charge in [-0.05, 0) is 42.0 Å². The minimum atomic E-state index is -0.734. The maximum absolute atomic E-state index is 13.0. The van der Waals surface area contributed by atoms with Gasteiger partial charge in [0.05, 0.1) is 5.60 Å². The summed E-state index contributed by atoms with van der Waals surface area (Å²) in [5, 5.41) is 10.7. The van der Waals surface area contributed by atoms with Crippen molar-refractivity contribution in [2.45, 2.75) is 46.6 Å². The Morgan fingerprint density at radius 1 is 1.18 bits per heavy atom. The van der Waals surface area contributed by atoms with E-state index in [1.807, 2.05) is 34.6 Å². The second-order valence-electron chi connectivity index (χ2n) is 5.55. The molecular formula is C15H23FO. The van der Waals surface area contributed by atoms with Gasteiger partial charge in [0, 0.05) is 6.42 Å². The summed E-state index contributed by atoms with van der Waals surface area (Å²) in [5.41, 5.74) is 1.20. The van der Waals surface area contributed by atoms with E-state index in [1.54, 1.807) is 6.07 Å². The highest BCUT2D eigenvalue weighted by Gasteiger charge is 2.34. The number of rotatable bonds is 4. The molecule has 0 amide bonds. The molecule has 0 unspecified atom stereocenters. The predicted octanol–water partition coefficient (Wildman–Crippen LogP) is 3.72. The van der Waals surface area contributed by atoms with Gasteiger partial charge in [0.2, 0.25) is 0 Å². The van der Waals surface area contributed by atoms with Gasteiger partial charge in [-0.25, -0.2) is 4.39 Å². The smallest absolute Gasteiger partial charge is 0.123 e. The lowest BCUT2D eigenvalue weighted by atomic mass is 9.75. The van der Waals surface area contributed by atoms with Crippen molar-refractivity contribution in [2.24, 2.45) is 11.8 Å². The van der Waals surface area contributed by atoms with Gasteiger partial charge in [0.1, 0.15) is 5.82 Å². The molecule has 0 aliphatic heterocycles. The van der Waals surface area contributed by atoms with Crippen LogP contribution >= 0.6 is 0 Å². The normalized spacial score (nSPS) is 12.5. The zero-order chi connectivity index (χ0) is 13.2. The summed E-state index contributed by atoms with van der Waals surface area (Å²) in [6, 6.07) is 4.76. The van der Waals surface area contributed by atoms with Gasteiger partial charge in [-0.3, -0.25) is 0 Å². The Morgan fingerprint density at radius 2 is 1.71 bits per heavy atom. The van der Waals surface area contributed by atoms with Crippen LogP contribution in [0.15, 0.2) is 18.2 Å². The topological polar surface area (TPSA) is 20.2 Å². The van der Waals surface area contributed by atoms with Crippen molar-refractivity contribution in [3.63, 3.8) is 0 Å². The third-order valence-electron chi connectivity index (χ3n) is 3.78. The van der Waals surface area contributed by atoms with Gasteiger partial charge in [-0.15, -0.1) is 0 Å². The van der Waals surface area contributed by atoms with Crippen LogP contribution in [-0.2, 0) is 6.42 Å². The highest BCUT2D eigenvalue weighted by molar-refractivity contribution is 5.28. The summed E-state index contributed by atoms with van der Waals surface area (Å²) in [7, 11) is 0. The summed E-state index contributed by atoms with van der Waals surface area (Å²) in [4.78, 5) is 0. The van der Waals surface area contributed by atoms with Crippen LogP contribution in [0.25, 0.3) is 0 Å². The lowest BCUT2D eigenvalue weighted by Crippen LogP contribution is -2.43. The molecule has 0 bridgehead atoms. The Bertz CT molecular complexity index is 375. The first-order chi connectivity index (χ1) is 7.77. The van der Waals surface area contributed by atoms with E-state index in [0.717, 1.165) is 11.1 Å². The van der Waals surface area contributed by atoms with E-state index >= 15 is 0 Å². The molecule has 0 heterocycles. The Morgan fingerprint density at radius 3 is 2.12 bits per heavy atom. The molecule has 17 heavy (non-hydrogen) atoms. The monoisotopic (exact) mass is 238 g/mol. The van der Waals surface area contributed by atoms with Crippen molar-refractivity contribution in [3.05, 3.63) is 35.1 Å². The fraction of sp³-hybridized carbons (Fsp3) is 0.600. The maximum atomic E-state index is 13.0. The van der Waals surface area contributed by atoms with Crippen LogP contribution in [0.4, 0.5) is 4.39 Å². The summed E-state index contributed by atoms with van der Waals surface area (Å²) >= 11 is 0. The second kappa shape index (κ2) is 5.18. The molecule has 0 aliphatic carbocycles. The zero-order valence-electron chi connectivity index (χ0n) is 11.4. The number of halogens is 1. The Hall–Kier alpha value is -0.890. The average molecular weight is 238 g/mol. The van der Waals surface area contributed by atoms with Crippen molar-refractivity contribution < 1.29 is 9.50 Å². The lowest BCUT2D eigenvalue weighted by Gasteiger charge is -2.36. The number of hydrogen-bond donors (Lipinski definition) is 1. The molecule has 0 spiro atoms. The summed E-state index contributed by atoms with van der Waals surface area (Å²) < 4.78 is 13.0. The molecule has 0 aromatic heterocycles. The molecule has 96 valence electrons. The van der Waals surface area contributed by atoms with E-state index in [4.69, 9.17) is 0 Å². The lowest BCUT2D eigenvalue weighted by molar-refractivity contribution is -0.0463. The molecule has 1 aromatic carbocycles. The maximum Gasteiger partial charge on any atom is 0.123 e. The largest absolute Gasteiger partial charge is 0.389 e. The van der Waals surface area contributed by atoms with E-state index < -0.39 is 5.60 Å². The van der Waals surface area contributed by atoms with Gasteiger partial charge >= 0.3 is 0 Å². The van der Waals surface area contributed by atoms with Gasteiger partial charge in [0.25, 0.3) is 0 Å². The molecule has 1 aromatic rings. The molecule has 1 nitrogen and oxygen atoms in total. The van der Waals surface area contributed by atoms with E-state index in [9.17, 15) is 9.50 Å². The fourth-order valence-corrected chi connectivity index (χ4v) is 2.24. The SMILES string of the molecule is Cc1cc(F)ccc1CC(O)(C(C)C)C(C)C. The zero-order valence-corrected chi connectivity index (χ0v) is 11.4. The van der Waals surface area contributed by atoms with Crippen LogP contribution in [0, 0.1) is 24.6 Å². The number of hydrogen-bond acceptors (Lipinski definition) is 1. The molecule has 1 rings (SSSR count). The standard InChI is InChI=1S/C15H23FO/c1-10(2)15(17,11(3)4)9-13-6-7-14(16)8-12(13)5/h6-8,10-11,17H,9H2,1-5H3. The Balaban J connectivity index is 3.02. The van der Waals surface area contributed by atoms with E-state index in [1.165, 1.54) is 12.1 Å². The van der Waals surface area contributed by atoms with Crippen LogP contribution in [0.3, 0.4) is 0 Å². The van der Waals surface area contributed by atoms with Gasteiger partial charge < -0.3 is 5.11 Å². The Labute approximate surface area is 104 Å². The molecule has 1 N–H and O–H groups in total. The highest BCUT2D eigenvalue weighted by atomic mass is 19.1. The number of benzene rings is 1. The van der Waals surface area contributed by atoms with E-state index in [-0.39, 0.29) is 17.7 Å². The van der Waals surface area contributed by atoms with Crippen molar-refractivity contribution in [1.29, 1.82) is 0 Å². The van der Waals surface area contributed by atoms with Crippen LogP contribution in [0.1, 0.15) is 38.8 Å². The average Bonchev–Trinajstić information content (AvgIpc) is 2.21. The number of aliphatic hydroxyl groups is 1. The molecule has 0 atom stereocenters. The van der Waals surface area contributed by atoms with Gasteiger partial charge in [-0.2, -0.15) is 0 Å². The third kappa shape index (κ3) is 3.06. The molecule has 0 fully saturated rings. The molecular weight excluding hydrogens is 215 g/mol. The number of aryl methyl sites for hydroxylation is 1. The van der Waals surface area contributed by atoms with Crippen molar-refractivity contribution in [3.8, 4) is 0 Å². The van der Waals surface area contributed by atoms with Crippen LogP contribution in [-0.4, -0.2) is 10.7 Å². The molecule has 0 radical (unpaired) electrons. The van der Waals surface area contributed by atoms with E-state index in [2.05, 4.69) is 0 Å². The Kier molecular flexibility index (Phi) is 4.31. The van der Waals surface area contributed by atoms with Gasteiger partial charge in [0.15, 0.2) is 0 Å².